The van der Waals surface area contributed by atoms with Crippen LogP contribution in [0.4, 0.5) is 0 Å². The van der Waals surface area contributed by atoms with Crippen LogP contribution >= 0.6 is 0 Å². The summed E-state index contributed by atoms with van der Waals surface area (Å²) in [6.07, 6.45) is 4.23. The first-order valence-electron chi connectivity index (χ1n) is 4.82. The number of nitrogens with two attached hydrogens (primary N) is 1. The first kappa shape index (κ1) is 7.56. The fraction of sp³-hybridized carbons (Fsp3) is 1.00. The zero-order chi connectivity index (χ0) is 7.68. The summed E-state index contributed by atoms with van der Waals surface area (Å²) in [7, 11) is 0. The number of piperidine rings is 1. The first-order chi connectivity index (χ1) is 5.42. The summed E-state index contributed by atoms with van der Waals surface area (Å²) in [5.41, 5.74) is 5.73. The van der Waals surface area contributed by atoms with Crippen LogP contribution in [0.25, 0.3) is 0 Å². The van der Waals surface area contributed by atoms with E-state index in [1.54, 1.807) is 0 Å². The molecule has 64 valence electrons. The predicted octanol–water partition coefficient (Wildman–Crippen LogP) is 0.581. The topological polar surface area (TPSA) is 38.0 Å². The van der Waals surface area contributed by atoms with Gasteiger partial charge in [-0.1, -0.05) is 0 Å². The van der Waals surface area contributed by atoms with Gasteiger partial charge in [-0.2, -0.15) is 0 Å². The normalized spacial score (nSPS) is 39.0. The SMILES string of the molecule is NCC1CCNCC1C1CC1. The van der Waals surface area contributed by atoms with Gasteiger partial charge in [-0.15, -0.1) is 0 Å². The molecule has 2 nitrogen and oxygen atoms in total. The Bertz CT molecular complexity index is 132. The summed E-state index contributed by atoms with van der Waals surface area (Å²) in [4.78, 5) is 0. The van der Waals surface area contributed by atoms with Crippen molar-refractivity contribution in [3.8, 4) is 0 Å². The van der Waals surface area contributed by atoms with Crippen LogP contribution in [0.2, 0.25) is 0 Å². The van der Waals surface area contributed by atoms with Gasteiger partial charge in [-0.25, -0.2) is 0 Å². The zero-order valence-electron chi connectivity index (χ0n) is 7.05. The van der Waals surface area contributed by atoms with Gasteiger partial charge in [0.25, 0.3) is 0 Å². The lowest BCUT2D eigenvalue weighted by molar-refractivity contribution is 0.233. The summed E-state index contributed by atoms with van der Waals surface area (Å²) in [5, 5.41) is 3.46. The monoisotopic (exact) mass is 154 g/mol. The highest BCUT2D eigenvalue weighted by molar-refractivity contribution is 4.89. The molecular formula is C9H18N2. The van der Waals surface area contributed by atoms with Crippen molar-refractivity contribution in [1.82, 2.24) is 5.32 Å². The Hall–Kier alpha value is -0.0800. The van der Waals surface area contributed by atoms with E-state index in [2.05, 4.69) is 5.32 Å². The van der Waals surface area contributed by atoms with Gasteiger partial charge in [-0.3, -0.25) is 0 Å². The van der Waals surface area contributed by atoms with Gasteiger partial charge < -0.3 is 11.1 Å². The first-order valence-corrected chi connectivity index (χ1v) is 4.82. The molecular weight excluding hydrogens is 136 g/mol. The Morgan fingerprint density at radius 3 is 2.73 bits per heavy atom. The molecule has 0 bridgehead atoms. The van der Waals surface area contributed by atoms with E-state index < -0.39 is 0 Å². The number of nitrogens with one attached hydrogen (secondary N) is 1. The van der Waals surface area contributed by atoms with E-state index in [0.717, 1.165) is 24.3 Å². The predicted molar refractivity (Wildman–Crippen MR) is 46.2 cm³/mol. The Kier molecular flexibility index (Phi) is 2.14. The number of rotatable bonds is 2. The third kappa shape index (κ3) is 1.57. The van der Waals surface area contributed by atoms with Crippen LogP contribution in [0.1, 0.15) is 19.3 Å². The minimum Gasteiger partial charge on any atom is -0.330 e. The maximum Gasteiger partial charge on any atom is -0.00147 e. The molecule has 11 heavy (non-hydrogen) atoms. The summed E-state index contributed by atoms with van der Waals surface area (Å²) >= 11 is 0. The van der Waals surface area contributed by atoms with Crippen LogP contribution < -0.4 is 11.1 Å². The molecule has 0 aromatic carbocycles. The number of hydrogen-bond acceptors (Lipinski definition) is 2. The minimum absolute atomic E-state index is 0.823. The van der Waals surface area contributed by atoms with E-state index in [-0.39, 0.29) is 0 Å². The molecule has 0 radical (unpaired) electrons. The second-order valence-corrected chi connectivity index (χ2v) is 3.99. The van der Waals surface area contributed by atoms with E-state index in [0.29, 0.717) is 0 Å². The largest absolute Gasteiger partial charge is 0.330 e. The highest BCUT2D eigenvalue weighted by Gasteiger charge is 2.36. The van der Waals surface area contributed by atoms with Gasteiger partial charge in [0.05, 0.1) is 0 Å². The lowest BCUT2D eigenvalue weighted by atomic mass is 9.83. The molecule has 3 N–H and O–H groups in total. The molecule has 2 heteroatoms. The van der Waals surface area contributed by atoms with Gasteiger partial charge in [0, 0.05) is 0 Å². The molecule has 1 saturated heterocycles. The fourth-order valence-electron chi connectivity index (χ4n) is 2.31. The van der Waals surface area contributed by atoms with Crippen LogP contribution in [0.5, 0.6) is 0 Å². The van der Waals surface area contributed by atoms with Crippen LogP contribution in [0.15, 0.2) is 0 Å². The van der Waals surface area contributed by atoms with Crippen molar-refractivity contribution < 1.29 is 0 Å². The molecule has 2 aliphatic rings. The van der Waals surface area contributed by atoms with Crippen molar-refractivity contribution in [2.75, 3.05) is 19.6 Å². The Labute approximate surface area is 68.5 Å². The second-order valence-electron chi connectivity index (χ2n) is 3.99. The third-order valence-electron chi connectivity index (χ3n) is 3.21. The van der Waals surface area contributed by atoms with Crippen LogP contribution in [0, 0.1) is 17.8 Å². The van der Waals surface area contributed by atoms with Crippen molar-refractivity contribution in [3.05, 3.63) is 0 Å². The molecule has 2 atom stereocenters. The third-order valence-corrected chi connectivity index (χ3v) is 3.21. The van der Waals surface area contributed by atoms with Gasteiger partial charge in [-0.05, 0) is 56.7 Å². The highest BCUT2D eigenvalue weighted by atomic mass is 14.9. The molecule has 0 spiro atoms. The highest BCUT2D eigenvalue weighted by Crippen LogP contribution is 2.41. The molecule has 1 saturated carbocycles. The smallest absolute Gasteiger partial charge is 0.00147 e. The van der Waals surface area contributed by atoms with Gasteiger partial charge >= 0.3 is 0 Å². The lowest BCUT2D eigenvalue weighted by Gasteiger charge is -2.31. The quantitative estimate of drug-likeness (QED) is 0.610. The molecule has 2 unspecified atom stereocenters. The van der Waals surface area contributed by atoms with E-state index in [9.17, 15) is 0 Å². The van der Waals surface area contributed by atoms with Gasteiger partial charge in [0.15, 0.2) is 0 Å². The molecule has 1 aliphatic carbocycles. The van der Waals surface area contributed by atoms with E-state index in [1.165, 1.54) is 32.4 Å². The summed E-state index contributed by atoms with van der Waals surface area (Å²) in [5.74, 6) is 2.76. The molecule has 0 aromatic rings. The average Bonchev–Trinajstić information content (AvgIpc) is 2.87. The van der Waals surface area contributed by atoms with Crippen molar-refractivity contribution >= 4 is 0 Å². The summed E-state index contributed by atoms with van der Waals surface area (Å²) in [6, 6.07) is 0. The van der Waals surface area contributed by atoms with Gasteiger partial charge in [0.2, 0.25) is 0 Å². The minimum atomic E-state index is 0.823. The Morgan fingerprint density at radius 1 is 1.27 bits per heavy atom. The van der Waals surface area contributed by atoms with E-state index >= 15 is 0 Å². The van der Waals surface area contributed by atoms with Crippen molar-refractivity contribution in [2.24, 2.45) is 23.5 Å². The Balaban J connectivity index is 1.91. The summed E-state index contributed by atoms with van der Waals surface area (Å²) < 4.78 is 0. The zero-order valence-corrected chi connectivity index (χ0v) is 7.05. The molecule has 2 rings (SSSR count). The lowest BCUT2D eigenvalue weighted by Crippen LogP contribution is -2.40. The molecule has 2 fully saturated rings. The van der Waals surface area contributed by atoms with E-state index in [4.69, 9.17) is 5.73 Å². The maximum absolute atomic E-state index is 5.73. The van der Waals surface area contributed by atoms with Crippen LogP contribution in [-0.2, 0) is 0 Å². The van der Waals surface area contributed by atoms with Gasteiger partial charge in [0.1, 0.15) is 0 Å². The van der Waals surface area contributed by atoms with Crippen LogP contribution in [0.3, 0.4) is 0 Å². The molecule has 0 aromatic heterocycles. The van der Waals surface area contributed by atoms with Crippen molar-refractivity contribution in [2.45, 2.75) is 19.3 Å². The Morgan fingerprint density at radius 2 is 2.09 bits per heavy atom. The maximum atomic E-state index is 5.73. The van der Waals surface area contributed by atoms with Crippen molar-refractivity contribution in [3.63, 3.8) is 0 Å². The number of hydrogen-bond donors (Lipinski definition) is 2. The molecule has 1 aliphatic heterocycles. The molecule has 0 amide bonds. The average molecular weight is 154 g/mol. The van der Waals surface area contributed by atoms with E-state index in [1.807, 2.05) is 0 Å². The fourth-order valence-corrected chi connectivity index (χ4v) is 2.31. The standard InChI is InChI=1S/C9H18N2/c10-5-8-3-4-11-6-9(8)7-1-2-7/h7-9,11H,1-6,10H2. The molecule has 1 heterocycles. The van der Waals surface area contributed by atoms with Crippen molar-refractivity contribution in [1.29, 1.82) is 0 Å². The van der Waals surface area contributed by atoms with Crippen LogP contribution in [-0.4, -0.2) is 19.6 Å². The summed E-state index contributed by atoms with van der Waals surface area (Å²) in [6.45, 7) is 3.32. The second kappa shape index (κ2) is 3.11.